The number of hydrogen-bond donors (Lipinski definition) is 1. The second-order valence-electron chi connectivity index (χ2n) is 4.95. The lowest BCUT2D eigenvalue weighted by molar-refractivity contribution is 0.0932. The highest BCUT2D eigenvalue weighted by atomic mass is 19.1. The summed E-state index contributed by atoms with van der Waals surface area (Å²) >= 11 is 0. The van der Waals surface area contributed by atoms with E-state index in [-0.39, 0.29) is 17.5 Å². The lowest BCUT2D eigenvalue weighted by Gasteiger charge is -2.17. The first-order valence-corrected chi connectivity index (χ1v) is 6.12. The second-order valence-corrected chi connectivity index (χ2v) is 4.95. The third-order valence-corrected chi connectivity index (χ3v) is 2.76. The minimum absolute atomic E-state index is 0.0283. The van der Waals surface area contributed by atoms with E-state index >= 15 is 0 Å². The number of benzene rings is 1. The first kappa shape index (κ1) is 14.6. The molecule has 0 fully saturated rings. The van der Waals surface area contributed by atoms with Crippen molar-refractivity contribution in [3.05, 3.63) is 35.1 Å². The summed E-state index contributed by atoms with van der Waals surface area (Å²) < 4.78 is 13.6. The number of aryl methyl sites for hydroxylation is 1. The monoisotopic (exact) mass is 252 g/mol. The van der Waals surface area contributed by atoms with Gasteiger partial charge >= 0.3 is 0 Å². The van der Waals surface area contributed by atoms with Crippen molar-refractivity contribution in [2.75, 3.05) is 20.6 Å². The van der Waals surface area contributed by atoms with Gasteiger partial charge in [0.25, 0.3) is 5.91 Å². The van der Waals surface area contributed by atoms with Crippen molar-refractivity contribution in [2.24, 2.45) is 0 Å². The van der Waals surface area contributed by atoms with Crippen LogP contribution in [0.25, 0.3) is 0 Å². The fourth-order valence-corrected chi connectivity index (χ4v) is 1.63. The number of carbonyl (C=O) groups excluding carboxylic acids is 1. The van der Waals surface area contributed by atoms with E-state index in [9.17, 15) is 9.18 Å². The van der Waals surface area contributed by atoms with Gasteiger partial charge in [0.1, 0.15) is 5.82 Å². The largest absolute Gasteiger partial charge is 0.349 e. The van der Waals surface area contributed by atoms with Crippen LogP contribution in [0.1, 0.15) is 29.3 Å². The molecule has 0 radical (unpaired) electrons. The first-order valence-electron chi connectivity index (χ1n) is 6.12. The van der Waals surface area contributed by atoms with E-state index in [1.807, 2.05) is 21.0 Å². The fourth-order valence-electron chi connectivity index (χ4n) is 1.63. The van der Waals surface area contributed by atoms with Crippen molar-refractivity contribution in [2.45, 2.75) is 26.3 Å². The molecule has 4 heteroatoms. The summed E-state index contributed by atoms with van der Waals surface area (Å²) in [6, 6.07) is 4.67. The Morgan fingerprint density at radius 3 is 2.67 bits per heavy atom. The zero-order valence-corrected chi connectivity index (χ0v) is 11.5. The standard InChI is InChI=1S/C14H21FN2O/c1-10-5-6-12(13(15)9-10)14(18)16-11(2)7-8-17(3)4/h5-6,9,11H,7-8H2,1-4H3,(H,16,18). The number of nitrogens with one attached hydrogen (secondary N) is 1. The molecular formula is C14H21FN2O. The van der Waals surface area contributed by atoms with E-state index < -0.39 is 5.82 Å². The lowest BCUT2D eigenvalue weighted by atomic mass is 10.1. The number of hydrogen-bond acceptors (Lipinski definition) is 2. The third-order valence-electron chi connectivity index (χ3n) is 2.76. The maximum Gasteiger partial charge on any atom is 0.254 e. The molecule has 1 atom stereocenters. The lowest BCUT2D eigenvalue weighted by Crippen LogP contribution is -2.35. The van der Waals surface area contributed by atoms with Gasteiger partial charge in [0, 0.05) is 6.04 Å². The molecule has 18 heavy (non-hydrogen) atoms. The summed E-state index contributed by atoms with van der Waals surface area (Å²) in [5.41, 5.74) is 0.919. The molecule has 1 aromatic carbocycles. The van der Waals surface area contributed by atoms with E-state index in [4.69, 9.17) is 0 Å². The van der Waals surface area contributed by atoms with Crippen LogP contribution in [-0.4, -0.2) is 37.5 Å². The molecule has 0 aromatic heterocycles. The summed E-state index contributed by atoms with van der Waals surface area (Å²) in [7, 11) is 3.96. The predicted molar refractivity (Wildman–Crippen MR) is 71.2 cm³/mol. The normalized spacial score (nSPS) is 12.6. The molecule has 0 saturated heterocycles. The van der Waals surface area contributed by atoms with Crippen LogP contribution in [0.5, 0.6) is 0 Å². The second kappa shape index (κ2) is 6.50. The Kier molecular flexibility index (Phi) is 5.28. The maximum absolute atomic E-state index is 13.6. The first-order chi connectivity index (χ1) is 8.40. The van der Waals surface area contributed by atoms with Crippen molar-refractivity contribution in [1.82, 2.24) is 10.2 Å². The Morgan fingerprint density at radius 2 is 2.11 bits per heavy atom. The zero-order chi connectivity index (χ0) is 13.7. The molecule has 3 nitrogen and oxygen atoms in total. The van der Waals surface area contributed by atoms with Crippen molar-refractivity contribution < 1.29 is 9.18 Å². The molecule has 1 aromatic rings. The molecule has 0 heterocycles. The van der Waals surface area contributed by atoms with Crippen LogP contribution < -0.4 is 5.32 Å². The minimum Gasteiger partial charge on any atom is -0.349 e. The van der Waals surface area contributed by atoms with Crippen molar-refractivity contribution in [3.63, 3.8) is 0 Å². The molecule has 0 aliphatic rings. The number of amides is 1. The van der Waals surface area contributed by atoms with Crippen molar-refractivity contribution in [1.29, 1.82) is 0 Å². The summed E-state index contributed by atoms with van der Waals surface area (Å²) in [6.07, 6.45) is 0.840. The molecule has 0 aliphatic carbocycles. The molecule has 0 bridgehead atoms. The highest BCUT2D eigenvalue weighted by molar-refractivity contribution is 5.94. The van der Waals surface area contributed by atoms with Gasteiger partial charge in [0.05, 0.1) is 5.56 Å². The minimum atomic E-state index is -0.465. The SMILES string of the molecule is Cc1ccc(C(=O)NC(C)CCN(C)C)c(F)c1. The van der Waals surface area contributed by atoms with Crippen LogP contribution in [0.15, 0.2) is 18.2 Å². The van der Waals surface area contributed by atoms with Gasteiger partial charge in [-0.15, -0.1) is 0 Å². The molecular weight excluding hydrogens is 231 g/mol. The summed E-state index contributed by atoms with van der Waals surface area (Å²) in [4.78, 5) is 13.9. The Morgan fingerprint density at radius 1 is 1.44 bits per heavy atom. The molecule has 1 N–H and O–H groups in total. The van der Waals surface area contributed by atoms with Crippen LogP contribution >= 0.6 is 0 Å². The molecule has 0 aliphatic heterocycles. The number of halogens is 1. The summed E-state index contributed by atoms with van der Waals surface area (Å²) in [5, 5.41) is 2.81. The van der Waals surface area contributed by atoms with Gasteiger partial charge in [-0.1, -0.05) is 6.07 Å². The zero-order valence-electron chi connectivity index (χ0n) is 11.5. The number of rotatable bonds is 5. The van der Waals surface area contributed by atoms with E-state index in [1.54, 1.807) is 13.0 Å². The van der Waals surface area contributed by atoms with Gasteiger partial charge < -0.3 is 10.2 Å². The average molecular weight is 252 g/mol. The van der Waals surface area contributed by atoms with Gasteiger partial charge in [-0.25, -0.2) is 4.39 Å². The van der Waals surface area contributed by atoms with E-state index in [1.165, 1.54) is 12.1 Å². The van der Waals surface area contributed by atoms with Crippen LogP contribution in [0.2, 0.25) is 0 Å². The molecule has 1 unspecified atom stereocenters. The quantitative estimate of drug-likeness (QED) is 0.871. The molecule has 1 rings (SSSR count). The topological polar surface area (TPSA) is 32.3 Å². The van der Waals surface area contributed by atoms with E-state index in [0.29, 0.717) is 0 Å². The van der Waals surface area contributed by atoms with Gasteiger partial charge in [0.2, 0.25) is 0 Å². The fraction of sp³-hybridized carbons (Fsp3) is 0.500. The van der Waals surface area contributed by atoms with E-state index in [0.717, 1.165) is 18.5 Å². The highest BCUT2D eigenvalue weighted by Gasteiger charge is 2.14. The Bertz CT molecular complexity index is 418. The highest BCUT2D eigenvalue weighted by Crippen LogP contribution is 2.10. The Hall–Kier alpha value is -1.42. The third kappa shape index (κ3) is 4.45. The van der Waals surface area contributed by atoms with Crippen molar-refractivity contribution >= 4 is 5.91 Å². The maximum atomic E-state index is 13.6. The average Bonchev–Trinajstić information content (AvgIpc) is 2.26. The number of nitrogens with zero attached hydrogens (tertiary/aromatic N) is 1. The van der Waals surface area contributed by atoms with Crippen LogP contribution in [-0.2, 0) is 0 Å². The van der Waals surface area contributed by atoms with Crippen LogP contribution in [0.3, 0.4) is 0 Å². The predicted octanol–water partition coefficient (Wildman–Crippen LogP) is 2.20. The molecule has 1 amide bonds. The number of carbonyl (C=O) groups is 1. The van der Waals surface area contributed by atoms with Gasteiger partial charge in [0.15, 0.2) is 0 Å². The van der Waals surface area contributed by atoms with Crippen LogP contribution in [0.4, 0.5) is 4.39 Å². The smallest absolute Gasteiger partial charge is 0.254 e. The molecule has 100 valence electrons. The Labute approximate surface area is 108 Å². The summed E-state index contributed by atoms with van der Waals surface area (Å²) in [6.45, 7) is 4.61. The molecule has 0 saturated carbocycles. The van der Waals surface area contributed by atoms with Crippen LogP contribution in [0, 0.1) is 12.7 Å². The van der Waals surface area contributed by atoms with E-state index in [2.05, 4.69) is 10.2 Å². The van der Waals surface area contributed by atoms with Gasteiger partial charge in [-0.05, 0) is 58.6 Å². The Balaban J connectivity index is 2.59. The van der Waals surface area contributed by atoms with Gasteiger partial charge in [-0.2, -0.15) is 0 Å². The molecule has 0 spiro atoms. The van der Waals surface area contributed by atoms with Crippen molar-refractivity contribution in [3.8, 4) is 0 Å². The van der Waals surface area contributed by atoms with Gasteiger partial charge in [-0.3, -0.25) is 4.79 Å². The summed E-state index contributed by atoms with van der Waals surface area (Å²) in [5.74, 6) is -0.814.